The Bertz CT molecular complexity index is 964. The van der Waals surface area contributed by atoms with E-state index in [1.807, 2.05) is 12.4 Å². The van der Waals surface area contributed by atoms with Gasteiger partial charge in [0.25, 0.3) is 0 Å². The summed E-state index contributed by atoms with van der Waals surface area (Å²) in [5.74, 6) is 0.363. The maximum Gasteiger partial charge on any atom is 0.115 e. The van der Waals surface area contributed by atoms with E-state index < -0.39 is 0 Å². The van der Waals surface area contributed by atoms with E-state index in [1.54, 1.807) is 6.33 Å². The van der Waals surface area contributed by atoms with E-state index in [1.165, 1.54) is 29.5 Å². The lowest BCUT2D eigenvalue weighted by atomic mass is 9.74. The van der Waals surface area contributed by atoms with Crippen molar-refractivity contribution in [1.82, 2.24) is 19.8 Å². The van der Waals surface area contributed by atoms with Crippen molar-refractivity contribution in [2.75, 3.05) is 26.2 Å². The number of fused-ring (bicyclic) bond motifs is 1. The molecule has 160 valence electrons. The molecule has 0 saturated carbocycles. The number of rotatable bonds is 5. The van der Waals surface area contributed by atoms with Crippen molar-refractivity contribution in [1.29, 1.82) is 0 Å². The fourth-order valence-corrected chi connectivity index (χ4v) is 5.35. The molecule has 1 aromatic heterocycles. The van der Waals surface area contributed by atoms with Gasteiger partial charge in [0.05, 0.1) is 6.61 Å². The minimum atomic E-state index is 0.215. The molecule has 5 nitrogen and oxygen atoms in total. The molecule has 5 heteroatoms. The minimum absolute atomic E-state index is 0.215. The van der Waals surface area contributed by atoms with E-state index in [-0.39, 0.29) is 12.6 Å². The first-order chi connectivity index (χ1) is 15.3. The highest BCUT2D eigenvalue weighted by atomic mass is 16.3. The summed E-state index contributed by atoms with van der Waals surface area (Å²) in [7, 11) is 0. The van der Waals surface area contributed by atoms with E-state index in [0.717, 1.165) is 31.7 Å². The van der Waals surface area contributed by atoms with Crippen LogP contribution in [0.15, 0.2) is 73.3 Å². The Kier molecular flexibility index (Phi) is 6.07. The first-order valence-corrected chi connectivity index (χ1v) is 11.3. The third-order valence-corrected chi connectivity index (χ3v) is 6.88. The molecule has 2 aromatic carbocycles. The summed E-state index contributed by atoms with van der Waals surface area (Å²) >= 11 is 0. The SMILES string of the molecule is OC[C@@H]1[C@H](c2ccc(-c3ccccc3)cc2)[C@H]2CN(Cc3cncnc3)CCCCN12. The maximum atomic E-state index is 10.2. The van der Waals surface area contributed by atoms with Gasteiger partial charge in [-0.15, -0.1) is 0 Å². The lowest BCUT2D eigenvalue weighted by Crippen LogP contribution is -2.67. The molecule has 0 amide bonds. The normalized spacial score (nSPS) is 24.6. The molecule has 2 fully saturated rings. The van der Waals surface area contributed by atoms with Crippen molar-refractivity contribution >= 4 is 0 Å². The van der Waals surface area contributed by atoms with Gasteiger partial charge in [0.15, 0.2) is 0 Å². The second-order valence-electron chi connectivity index (χ2n) is 8.76. The molecule has 0 unspecified atom stereocenters. The predicted molar refractivity (Wildman–Crippen MR) is 123 cm³/mol. The van der Waals surface area contributed by atoms with Gasteiger partial charge in [0, 0.05) is 49.0 Å². The Morgan fingerprint density at radius 3 is 2.32 bits per heavy atom. The zero-order valence-electron chi connectivity index (χ0n) is 17.8. The van der Waals surface area contributed by atoms with Crippen LogP contribution in [-0.2, 0) is 6.54 Å². The minimum Gasteiger partial charge on any atom is -0.395 e. The van der Waals surface area contributed by atoms with Crippen molar-refractivity contribution in [2.24, 2.45) is 0 Å². The van der Waals surface area contributed by atoms with Crippen LogP contribution in [0.25, 0.3) is 11.1 Å². The average Bonchev–Trinajstić information content (AvgIpc) is 2.81. The number of benzene rings is 2. The van der Waals surface area contributed by atoms with Crippen molar-refractivity contribution in [3.05, 3.63) is 84.4 Å². The highest BCUT2D eigenvalue weighted by molar-refractivity contribution is 5.63. The predicted octanol–water partition coefficient (Wildman–Crippen LogP) is 3.57. The second-order valence-corrected chi connectivity index (χ2v) is 8.76. The summed E-state index contributed by atoms with van der Waals surface area (Å²) in [5, 5.41) is 10.2. The quantitative estimate of drug-likeness (QED) is 0.692. The van der Waals surface area contributed by atoms with Gasteiger partial charge in [-0.05, 0) is 42.6 Å². The lowest BCUT2D eigenvalue weighted by Gasteiger charge is -2.57. The second kappa shape index (κ2) is 9.27. The first-order valence-electron chi connectivity index (χ1n) is 11.3. The molecule has 3 aromatic rings. The van der Waals surface area contributed by atoms with Gasteiger partial charge in [0.1, 0.15) is 6.33 Å². The standard InChI is InChI=1S/C26H30N4O/c31-18-25-26(23-10-8-22(9-11-23)21-6-2-1-3-7-21)24-17-29(12-4-5-13-30(24)25)16-20-14-27-19-28-15-20/h1-3,6-11,14-15,19,24-26,31H,4-5,12-13,16-18H2/t24-,25-,26-/m1/s1. The number of aliphatic hydroxyl groups excluding tert-OH is 1. The Hall–Kier alpha value is -2.60. The highest BCUT2D eigenvalue weighted by Crippen LogP contribution is 2.42. The third kappa shape index (κ3) is 4.26. The molecule has 3 atom stereocenters. The van der Waals surface area contributed by atoms with Gasteiger partial charge in [-0.3, -0.25) is 9.80 Å². The smallest absolute Gasteiger partial charge is 0.115 e. The Balaban J connectivity index is 1.36. The fourth-order valence-electron chi connectivity index (χ4n) is 5.35. The van der Waals surface area contributed by atoms with Gasteiger partial charge in [-0.2, -0.15) is 0 Å². The highest BCUT2D eigenvalue weighted by Gasteiger charge is 2.48. The largest absolute Gasteiger partial charge is 0.395 e. The molecular weight excluding hydrogens is 384 g/mol. The van der Waals surface area contributed by atoms with Crippen LogP contribution in [0.2, 0.25) is 0 Å². The zero-order valence-corrected chi connectivity index (χ0v) is 17.8. The number of hydrogen-bond donors (Lipinski definition) is 1. The zero-order chi connectivity index (χ0) is 21.0. The summed E-state index contributed by atoms with van der Waals surface area (Å²) in [6.45, 7) is 4.29. The van der Waals surface area contributed by atoms with Crippen molar-refractivity contribution in [2.45, 2.75) is 37.4 Å². The summed E-state index contributed by atoms with van der Waals surface area (Å²) in [6.07, 6.45) is 7.78. The monoisotopic (exact) mass is 414 g/mol. The molecule has 5 rings (SSSR count). The first kappa shape index (κ1) is 20.3. The molecule has 3 heterocycles. The van der Waals surface area contributed by atoms with E-state index in [4.69, 9.17) is 0 Å². The molecule has 2 aliphatic heterocycles. The topological polar surface area (TPSA) is 52.5 Å². The number of hydrogen-bond acceptors (Lipinski definition) is 5. The third-order valence-electron chi connectivity index (χ3n) is 6.88. The van der Waals surface area contributed by atoms with Gasteiger partial charge in [0.2, 0.25) is 0 Å². The van der Waals surface area contributed by atoms with Crippen LogP contribution in [0, 0.1) is 0 Å². The van der Waals surface area contributed by atoms with Crippen molar-refractivity contribution < 1.29 is 5.11 Å². The maximum absolute atomic E-state index is 10.2. The van der Waals surface area contributed by atoms with Gasteiger partial charge in [-0.1, -0.05) is 54.6 Å². The fraction of sp³-hybridized carbons (Fsp3) is 0.385. The summed E-state index contributed by atoms with van der Waals surface area (Å²) in [4.78, 5) is 13.4. The Morgan fingerprint density at radius 1 is 0.871 bits per heavy atom. The van der Waals surface area contributed by atoms with Gasteiger partial charge >= 0.3 is 0 Å². The lowest BCUT2D eigenvalue weighted by molar-refractivity contribution is -0.0655. The number of nitrogens with zero attached hydrogens (tertiary/aromatic N) is 4. The molecule has 0 spiro atoms. The van der Waals surface area contributed by atoms with Crippen LogP contribution < -0.4 is 0 Å². The Morgan fingerprint density at radius 2 is 1.58 bits per heavy atom. The molecule has 2 aliphatic rings. The summed E-state index contributed by atoms with van der Waals surface area (Å²) < 4.78 is 0. The number of aliphatic hydroxyl groups is 1. The van der Waals surface area contributed by atoms with Crippen molar-refractivity contribution in [3.63, 3.8) is 0 Å². The van der Waals surface area contributed by atoms with Crippen LogP contribution in [0.3, 0.4) is 0 Å². The van der Waals surface area contributed by atoms with Crippen LogP contribution >= 0.6 is 0 Å². The molecule has 2 saturated heterocycles. The van der Waals surface area contributed by atoms with Crippen LogP contribution in [0.4, 0.5) is 0 Å². The summed E-state index contributed by atoms with van der Waals surface area (Å²) in [6, 6.07) is 20.1. The molecule has 0 bridgehead atoms. The molecule has 1 N–H and O–H groups in total. The molecule has 0 aliphatic carbocycles. The molecule has 31 heavy (non-hydrogen) atoms. The van der Waals surface area contributed by atoms with Crippen molar-refractivity contribution in [3.8, 4) is 11.1 Å². The average molecular weight is 415 g/mol. The van der Waals surface area contributed by atoms with E-state index in [0.29, 0.717) is 12.0 Å². The van der Waals surface area contributed by atoms with E-state index in [9.17, 15) is 5.11 Å². The van der Waals surface area contributed by atoms with E-state index >= 15 is 0 Å². The molecule has 0 radical (unpaired) electrons. The van der Waals surface area contributed by atoms with Gasteiger partial charge in [-0.25, -0.2) is 9.97 Å². The van der Waals surface area contributed by atoms with E-state index in [2.05, 4.69) is 74.4 Å². The molecular formula is C26H30N4O. The number of aromatic nitrogens is 2. The van der Waals surface area contributed by atoms with Gasteiger partial charge < -0.3 is 5.11 Å². The van der Waals surface area contributed by atoms with Crippen LogP contribution in [0.1, 0.15) is 29.9 Å². The van der Waals surface area contributed by atoms with Crippen LogP contribution in [0.5, 0.6) is 0 Å². The summed E-state index contributed by atoms with van der Waals surface area (Å²) in [5.41, 5.74) is 4.98. The Labute approximate surface area is 184 Å². The van der Waals surface area contributed by atoms with Crippen LogP contribution in [-0.4, -0.2) is 63.2 Å².